The highest BCUT2D eigenvalue weighted by Crippen LogP contribution is 2.28. The SMILES string of the molecule is CCN(C(=O)c1ccc(NC(=S)NC(=O)C2CCCCC2)cc1)c1cccc2ccccc12. The zero-order valence-corrected chi connectivity index (χ0v) is 19.7. The molecule has 0 unspecified atom stereocenters. The minimum atomic E-state index is -0.0615. The van der Waals surface area contributed by atoms with Gasteiger partial charge in [-0.1, -0.05) is 55.7 Å². The molecule has 0 saturated heterocycles. The molecule has 0 heterocycles. The summed E-state index contributed by atoms with van der Waals surface area (Å²) in [5, 5.41) is 8.30. The molecule has 0 aromatic heterocycles. The largest absolute Gasteiger partial charge is 0.332 e. The van der Waals surface area contributed by atoms with E-state index >= 15 is 0 Å². The van der Waals surface area contributed by atoms with Crippen LogP contribution in [0.4, 0.5) is 11.4 Å². The maximum absolute atomic E-state index is 13.3. The van der Waals surface area contributed by atoms with Crippen LogP contribution in [0.3, 0.4) is 0 Å². The number of fused-ring (bicyclic) bond motifs is 1. The molecule has 0 bridgehead atoms. The minimum absolute atomic E-state index is 0.00678. The van der Waals surface area contributed by atoms with Crippen LogP contribution in [0.2, 0.25) is 0 Å². The molecule has 3 aromatic rings. The highest BCUT2D eigenvalue weighted by Gasteiger charge is 2.22. The van der Waals surface area contributed by atoms with Crippen molar-refractivity contribution in [2.75, 3.05) is 16.8 Å². The van der Waals surface area contributed by atoms with E-state index in [0.717, 1.165) is 47.8 Å². The lowest BCUT2D eigenvalue weighted by Crippen LogP contribution is -2.39. The number of anilines is 2. The fourth-order valence-corrected chi connectivity index (χ4v) is 4.68. The molecule has 1 aliphatic carbocycles. The number of rotatable bonds is 5. The highest BCUT2D eigenvalue weighted by molar-refractivity contribution is 7.80. The van der Waals surface area contributed by atoms with E-state index < -0.39 is 0 Å². The first-order valence-electron chi connectivity index (χ1n) is 11.6. The second-order valence-electron chi connectivity index (χ2n) is 8.40. The molecule has 0 aliphatic heterocycles. The second-order valence-corrected chi connectivity index (χ2v) is 8.81. The molecule has 6 heteroatoms. The first-order chi connectivity index (χ1) is 16.1. The lowest BCUT2D eigenvalue weighted by Gasteiger charge is -2.23. The molecule has 1 saturated carbocycles. The molecule has 0 radical (unpaired) electrons. The van der Waals surface area contributed by atoms with Crippen LogP contribution >= 0.6 is 12.2 Å². The van der Waals surface area contributed by atoms with Crippen LogP contribution in [0.5, 0.6) is 0 Å². The first-order valence-corrected chi connectivity index (χ1v) is 12.0. The fraction of sp³-hybridized carbons (Fsp3) is 0.296. The van der Waals surface area contributed by atoms with E-state index in [1.807, 2.05) is 61.5 Å². The Morgan fingerprint density at radius 2 is 1.64 bits per heavy atom. The van der Waals surface area contributed by atoms with Gasteiger partial charge in [0, 0.05) is 29.1 Å². The Balaban J connectivity index is 1.43. The summed E-state index contributed by atoms with van der Waals surface area (Å²) in [6.07, 6.45) is 5.25. The van der Waals surface area contributed by atoms with Gasteiger partial charge in [0.25, 0.3) is 5.91 Å². The third-order valence-electron chi connectivity index (χ3n) is 6.22. The monoisotopic (exact) mass is 459 g/mol. The van der Waals surface area contributed by atoms with Crippen molar-refractivity contribution in [1.82, 2.24) is 5.32 Å². The van der Waals surface area contributed by atoms with E-state index in [2.05, 4.69) is 10.6 Å². The number of carbonyl (C=O) groups is 2. The first kappa shape index (κ1) is 22.9. The zero-order chi connectivity index (χ0) is 23.2. The summed E-state index contributed by atoms with van der Waals surface area (Å²) in [5.41, 5.74) is 2.22. The Morgan fingerprint density at radius 1 is 0.939 bits per heavy atom. The van der Waals surface area contributed by atoms with Crippen molar-refractivity contribution >= 4 is 51.3 Å². The Kier molecular flexibility index (Phi) is 7.35. The van der Waals surface area contributed by atoms with Gasteiger partial charge in [-0.05, 0) is 67.7 Å². The summed E-state index contributed by atoms with van der Waals surface area (Å²) in [7, 11) is 0. The summed E-state index contributed by atoms with van der Waals surface area (Å²) in [5.74, 6) is -0.0196. The minimum Gasteiger partial charge on any atom is -0.332 e. The number of thiocarbonyl (C=S) groups is 1. The van der Waals surface area contributed by atoms with Gasteiger partial charge in [-0.2, -0.15) is 0 Å². The fourth-order valence-electron chi connectivity index (χ4n) is 4.46. The van der Waals surface area contributed by atoms with E-state index in [0.29, 0.717) is 12.1 Å². The second kappa shape index (κ2) is 10.6. The van der Waals surface area contributed by atoms with Gasteiger partial charge < -0.3 is 15.5 Å². The van der Waals surface area contributed by atoms with Crippen molar-refractivity contribution in [1.29, 1.82) is 0 Å². The quantitative estimate of drug-likeness (QED) is 0.466. The molecule has 170 valence electrons. The highest BCUT2D eigenvalue weighted by atomic mass is 32.1. The number of hydrogen-bond donors (Lipinski definition) is 2. The van der Waals surface area contributed by atoms with Crippen molar-refractivity contribution < 1.29 is 9.59 Å². The predicted molar refractivity (Wildman–Crippen MR) is 139 cm³/mol. The average Bonchev–Trinajstić information content (AvgIpc) is 2.85. The molecule has 2 N–H and O–H groups in total. The molecular formula is C27H29N3O2S. The van der Waals surface area contributed by atoms with Crippen molar-refractivity contribution in [3.8, 4) is 0 Å². The van der Waals surface area contributed by atoms with Gasteiger partial charge in [0.1, 0.15) is 0 Å². The number of nitrogens with zero attached hydrogens (tertiary/aromatic N) is 1. The van der Waals surface area contributed by atoms with Gasteiger partial charge in [-0.3, -0.25) is 9.59 Å². The van der Waals surface area contributed by atoms with E-state index in [9.17, 15) is 9.59 Å². The standard InChI is InChI=1S/C27H29N3O2S/c1-2-30(24-14-8-12-19-9-6-7-13-23(19)24)26(32)21-15-17-22(18-16-21)28-27(33)29-25(31)20-10-4-3-5-11-20/h6-9,12-18,20H,2-5,10-11H2,1H3,(H2,28,29,31,33). The normalized spacial score (nSPS) is 14.0. The maximum Gasteiger partial charge on any atom is 0.258 e. The molecule has 2 amide bonds. The van der Waals surface area contributed by atoms with E-state index in [1.165, 1.54) is 6.42 Å². The molecule has 33 heavy (non-hydrogen) atoms. The number of hydrogen-bond acceptors (Lipinski definition) is 3. The lowest BCUT2D eigenvalue weighted by atomic mass is 9.89. The molecule has 1 aliphatic rings. The summed E-state index contributed by atoms with van der Waals surface area (Å²) < 4.78 is 0. The average molecular weight is 460 g/mol. The maximum atomic E-state index is 13.3. The summed E-state index contributed by atoms with van der Waals surface area (Å²) in [4.78, 5) is 27.5. The van der Waals surface area contributed by atoms with Crippen LogP contribution < -0.4 is 15.5 Å². The summed E-state index contributed by atoms with van der Waals surface area (Å²) >= 11 is 5.32. The summed E-state index contributed by atoms with van der Waals surface area (Å²) in [6.45, 7) is 2.53. The van der Waals surface area contributed by atoms with Crippen molar-refractivity contribution in [3.63, 3.8) is 0 Å². The van der Waals surface area contributed by atoms with E-state index in [1.54, 1.807) is 17.0 Å². The lowest BCUT2D eigenvalue weighted by molar-refractivity contribution is -0.124. The van der Waals surface area contributed by atoms with Gasteiger partial charge in [-0.25, -0.2) is 0 Å². The van der Waals surface area contributed by atoms with Crippen LogP contribution in [0.25, 0.3) is 10.8 Å². The topological polar surface area (TPSA) is 61.4 Å². The third-order valence-corrected chi connectivity index (χ3v) is 6.43. The Hall–Kier alpha value is -3.25. The van der Waals surface area contributed by atoms with Gasteiger partial charge in [0.2, 0.25) is 5.91 Å². The molecule has 1 fully saturated rings. The number of amides is 2. The molecule has 4 rings (SSSR count). The molecule has 0 atom stereocenters. The van der Waals surface area contributed by atoms with E-state index in [-0.39, 0.29) is 22.8 Å². The Bertz CT molecular complexity index is 1150. The van der Waals surface area contributed by atoms with Gasteiger partial charge in [0.05, 0.1) is 5.69 Å². The van der Waals surface area contributed by atoms with Crippen LogP contribution in [0.15, 0.2) is 66.7 Å². The van der Waals surface area contributed by atoms with Crippen molar-refractivity contribution in [3.05, 3.63) is 72.3 Å². The zero-order valence-electron chi connectivity index (χ0n) is 18.8. The Morgan fingerprint density at radius 3 is 2.36 bits per heavy atom. The van der Waals surface area contributed by atoms with Gasteiger partial charge in [-0.15, -0.1) is 0 Å². The Labute approximate surface area is 200 Å². The van der Waals surface area contributed by atoms with Crippen molar-refractivity contribution in [2.24, 2.45) is 5.92 Å². The number of benzene rings is 3. The predicted octanol–water partition coefficient (Wildman–Crippen LogP) is 5.90. The van der Waals surface area contributed by atoms with Gasteiger partial charge in [0.15, 0.2) is 5.11 Å². The molecule has 5 nitrogen and oxygen atoms in total. The molecule has 3 aromatic carbocycles. The van der Waals surface area contributed by atoms with Crippen LogP contribution in [-0.2, 0) is 4.79 Å². The van der Waals surface area contributed by atoms with Crippen LogP contribution in [-0.4, -0.2) is 23.5 Å². The van der Waals surface area contributed by atoms with Crippen LogP contribution in [0, 0.1) is 5.92 Å². The van der Waals surface area contributed by atoms with Crippen molar-refractivity contribution in [2.45, 2.75) is 39.0 Å². The van der Waals surface area contributed by atoms with Crippen LogP contribution in [0.1, 0.15) is 49.4 Å². The van der Waals surface area contributed by atoms with Gasteiger partial charge >= 0.3 is 0 Å². The molecular weight excluding hydrogens is 430 g/mol. The number of carbonyl (C=O) groups excluding carboxylic acids is 2. The molecule has 0 spiro atoms. The van der Waals surface area contributed by atoms with E-state index in [4.69, 9.17) is 12.2 Å². The third kappa shape index (κ3) is 5.40. The smallest absolute Gasteiger partial charge is 0.258 e. The summed E-state index contributed by atoms with van der Waals surface area (Å²) in [6, 6.07) is 21.3. The number of nitrogens with one attached hydrogen (secondary N) is 2.